The Bertz CT molecular complexity index is 1390. The molecule has 172 valence electrons. The summed E-state index contributed by atoms with van der Waals surface area (Å²) in [5.41, 5.74) is 3.32. The van der Waals surface area contributed by atoms with Crippen molar-refractivity contribution >= 4 is 27.9 Å². The molecule has 3 aromatic rings. The molecule has 1 aliphatic rings. The van der Waals surface area contributed by atoms with Gasteiger partial charge in [-0.15, -0.1) is 0 Å². The van der Waals surface area contributed by atoms with Crippen LogP contribution in [0, 0.1) is 0 Å². The summed E-state index contributed by atoms with van der Waals surface area (Å²) < 4.78 is 38.7. The molecule has 33 heavy (non-hydrogen) atoms. The van der Waals surface area contributed by atoms with Crippen molar-refractivity contribution in [2.45, 2.75) is 19.3 Å². The van der Waals surface area contributed by atoms with E-state index in [4.69, 9.17) is 9.47 Å². The highest BCUT2D eigenvalue weighted by Gasteiger charge is 2.38. The summed E-state index contributed by atoms with van der Waals surface area (Å²) in [6.07, 6.45) is 6.67. The molecule has 4 rings (SSSR count). The minimum absolute atomic E-state index is 0.151. The first-order valence-electron chi connectivity index (χ1n) is 10.4. The van der Waals surface area contributed by atoms with Crippen molar-refractivity contribution in [2.75, 3.05) is 24.7 Å². The van der Waals surface area contributed by atoms with E-state index in [1.54, 1.807) is 42.1 Å². The van der Waals surface area contributed by atoms with E-state index in [9.17, 15) is 13.2 Å². The van der Waals surface area contributed by atoms with Gasteiger partial charge in [-0.1, -0.05) is 44.2 Å². The van der Waals surface area contributed by atoms with Gasteiger partial charge in [0.15, 0.2) is 5.75 Å². The lowest BCUT2D eigenvalue weighted by Crippen LogP contribution is -2.19. The molecular weight excluding hydrogens is 440 g/mol. The lowest BCUT2D eigenvalue weighted by Gasteiger charge is -2.21. The molecule has 2 aromatic carbocycles. The molecule has 1 aliphatic heterocycles. The van der Waals surface area contributed by atoms with Gasteiger partial charge in [-0.3, -0.25) is 14.1 Å². The van der Waals surface area contributed by atoms with Crippen LogP contribution in [0.15, 0.2) is 59.5 Å². The molecule has 0 radical (unpaired) electrons. The molecule has 7 nitrogen and oxygen atoms in total. The Morgan fingerprint density at radius 1 is 1.12 bits per heavy atom. The Hall–Kier alpha value is -3.52. The molecule has 1 aromatic heterocycles. The zero-order valence-electron chi connectivity index (χ0n) is 19.0. The maximum atomic E-state index is 12.6. The number of nitrogens with zero attached hydrogens (tertiary/aromatic N) is 1. The number of ether oxygens (including phenoxy) is 2. The third kappa shape index (κ3) is 4.66. The number of benzene rings is 2. The summed E-state index contributed by atoms with van der Waals surface area (Å²) >= 11 is 0. The molecule has 1 N–H and O–H groups in total. The van der Waals surface area contributed by atoms with E-state index < -0.39 is 10.0 Å². The fourth-order valence-electron chi connectivity index (χ4n) is 3.95. The number of pyridine rings is 1. The molecule has 0 bridgehead atoms. The van der Waals surface area contributed by atoms with Crippen molar-refractivity contribution < 1.29 is 17.9 Å². The van der Waals surface area contributed by atoms with Crippen LogP contribution in [0.1, 0.15) is 30.5 Å². The van der Waals surface area contributed by atoms with Gasteiger partial charge < -0.3 is 9.47 Å². The number of hydrogen-bond acceptors (Lipinski definition) is 5. The predicted molar refractivity (Wildman–Crippen MR) is 131 cm³/mol. The highest BCUT2D eigenvalue weighted by atomic mass is 32.2. The Morgan fingerprint density at radius 2 is 1.85 bits per heavy atom. The number of methoxy groups -OCH3 is 1. The second kappa shape index (κ2) is 8.44. The van der Waals surface area contributed by atoms with E-state index in [1.807, 2.05) is 30.4 Å². The molecule has 0 saturated heterocycles. The number of hydrogen-bond donors (Lipinski definition) is 1. The highest BCUT2D eigenvalue weighted by Crippen LogP contribution is 2.49. The van der Waals surface area contributed by atoms with Crippen LogP contribution in [0.5, 0.6) is 11.5 Å². The number of nitrogens with one attached hydrogen (secondary N) is 1. The van der Waals surface area contributed by atoms with Gasteiger partial charge in [0.1, 0.15) is 5.75 Å². The fourth-order valence-corrected chi connectivity index (χ4v) is 4.52. The standard InChI is InChI=1S/C25H26N2O5S/c1-25(2)16-32-24-20(27-14-6-5-7-21(27)28)15-18(23(31-3)22(24)25)11-8-17-9-12-19(13-10-17)26-33(4,29)30/h5-15,26H,16H2,1-4H3. The summed E-state index contributed by atoms with van der Waals surface area (Å²) in [7, 11) is -1.70. The second-order valence-electron chi connectivity index (χ2n) is 8.63. The first-order chi connectivity index (χ1) is 15.6. The third-order valence-corrected chi connectivity index (χ3v) is 6.06. The van der Waals surface area contributed by atoms with Gasteiger partial charge in [-0.05, 0) is 29.8 Å². The molecular formula is C25H26N2O5S. The van der Waals surface area contributed by atoms with Crippen molar-refractivity contribution in [3.05, 3.63) is 81.8 Å². The van der Waals surface area contributed by atoms with Gasteiger partial charge in [-0.25, -0.2) is 8.42 Å². The molecule has 0 spiro atoms. The van der Waals surface area contributed by atoms with E-state index in [0.29, 0.717) is 29.5 Å². The topological polar surface area (TPSA) is 86.6 Å². The van der Waals surface area contributed by atoms with Crippen molar-refractivity contribution in [1.29, 1.82) is 0 Å². The van der Waals surface area contributed by atoms with Crippen LogP contribution in [-0.2, 0) is 15.4 Å². The normalized spacial score (nSPS) is 14.7. The smallest absolute Gasteiger partial charge is 0.255 e. The molecule has 0 fully saturated rings. The van der Waals surface area contributed by atoms with Crippen LogP contribution >= 0.6 is 0 Å². The molecule has 0 unspecified atom stereocenters. The van der Waals surface area contributed by atoms with Crippen LogP contribution in [-0.4, -0.2) is 33.0 Å². The first-order valence-corrected chi connectivity index (χ1v) is 12.3. The molecule has 2 heterocycles. The third-order valence-electron chi connectivity index (χ3n) is 5.45. The van der Waals surface area contributed by atoms with E-state index >= 15 is 0 Å². The summed E-state index contributed by atoms with van der Waals surface area (Å²) in [6.45, 7) is 4.65. The second-order valence-corrected chi connectivity index (χ2v) is 10.4. The molecule has 0 aliphatic carbocycles. The molecule has 0 saturated carbocycles. The molecule has 0 atom stereocenters. The molecule has 8 heteroatoms. The maximum absolute atomic E-state index is 12.6. The Kier molecular flexibility index (Phi) is 5.80. The highest BCUT2D eigenvalue weighted by molar-refractivity contribution is 7.92. The summed E-state index contributed by atoms with van der Waals surface area (Å²) in [6, 6.07) is 13.9. The van der Waals surface area contributed by atoms with Gasteiger partial charge in [0.2, 0.25) is 10.0 Å². The van der Waals surface area contributed by atoms with Gasteiger partial charge in [0.05, 0.1) is 25.7 Å². The van der Waals surface area contributed by atoms with Gasteiger partial charge >= 0.3 is 0 Å². The largest absolute Gasteiger partial charge is 0.496 e. The van der Waals surface area contributed by atoms with Crippen molar-refractivity contribution in [2.24, 2.45) is 0 Å². The average Bonchev–Trinajstić information content (AvgIpc) is 3.07. The Balaban J connectivity index is 1.81. The maximum Gasteiger partial charge on any atom is 0.255 e. The zero-order chi connectivity index (χ0) is 23.8. The number of anilines is 1. The minimum atomic E-state index is -3.33. The fraction of sp³-hybridized carbons (Fsp3) is 0.240. The first kappa shape index (κ1) is 22.7. The zero-order valence-corrected chi connectivity index (χ0v) is 19.8. The number of rotatable bonds is 6. The monoisotopic (exact) mass is 466 g/mol. The van der Waals surface area contributed by atoms with Gasteiger partial charge in [-0.2, -0.15) is 0 Å². The Labute approximate surface area is 193 Å². The Morgan fingerprint density at radius 3 is 2.48 bits per heavy atom. The lowest BCUT2D eigenvalue weighted by molar-refractivity contribution is 0.289. The number of sulfonamides is 1. The van der Waals surface area contributed by atoms with Crippen LogP contribution in [0.25, 0.3) is 17.8 Å². The van der Waals surface area contributed by atoms with Crippen LogP contribution in [0.3, 0.4) is 0 Å². The van der Waals surface area contributed by atoms with E-state index in [-0.39, 0.29) is 11.0 Å². The van der Waals surface area contributed by atoms with Crippen LogP contribution < -0.4 is 19.8 Å². The van der Waals surface area contributed by atoms with Crippen LogP contribution in [0.2, 0.25) is 0 Å². The lowest BCUT2D eigenvalue weighted by atomic mass is 9.84. The predicted octanol–water partition coefficient (Wildman–Crippen LogP) is 4.06. The van der Waals surface area contributed by atoms with Gasteiger partial charge in [0.25, 0.3) is 5.56 Å². The van der Waals surface area contributed by atoms with Crippen molar-refractivity contribution in [1.82, 2.24) is 4.57 Å². The van der Waals surface area contributed by atoms with Crippen molar-refractivity contribution in [3.8, 4) is 17.2 Å². The molecule has 0 amide bonds. The summed E-state index contributed by atoms with van der Waals surface area (Å²) in [5, 5.41) is 0. The minimum Gasteiger partial charge on any atom is -0.496 e. The quantitative estimate of drug-likeness (QED) is 0.554. The van der Waals surface area contributed by atoms with Crippen molar-refractivity contribution in [3.63, 3.8) is 0 Å². The summed E-state index contributed by atoms with van der Waals surface area (Å²) in [4.78, 5) is 12.6. The summed E-state index contributed by atoms with van der Waals surface area (Å²) in [5.74, 6) is 1.35. The van der Waals surface area contributed by atoms with E-state index in [0.717, 1.165) is 22.9 Å². The SMILES string of the molecule is COc1c(C=Cc2ccc(NS(C)(=O)=O)cc2)cc(-n2ccccc2=O)c2c1C(C)(C)CO2. The average molecular weight is 467 g/mol. The van der Waals surface area contributed by atoms with E-state index in [1.165, 1.54) is 6.07 Å². The van der Waals surface area contributed by atoms with Gasteiger partial charge in [0, 0.05) is 34.5 Å². The number of aromatic nitrogens is 1. The van der Waals surface area contributed by atoms with Crippen LogP contribution in [0.4, 0.5) is 5.69 Å². The number of fused-ring (bicyclic) bond motifs is 1. The van der Waals surface area contributed by atoms with E-state index in [2.05, 4.69) is 18.6 Å².